The molecule has 0 spiro atoms. The van der Waals surface area contributed by atoms with Gasteiger partial charge in [-0.2, -0.15) is 0 Å². The van der Waals surface area contributed by atoms with Crippen molar-refractivity contribution in [2.75, 3.05) is 0 Å². The van der Waals surface area contributed by atoms with Gasteiger partial charge in [-0.15, -0.1) is 0 Å². The van der Waals surface area contributed by atoms with Crippen molar-refractivity contribution in [2.45, 2.75) is 6.61 Å². The number of benzene rings is 3. The number of carbonyl (C=O) groups is 1. The third-order valence-electron chi connectivity index (χ3n) is 3.62. The molecule has 1 N–H and O–H groups in total. The Kier molecular flexibility index (Phi) is 5.68. The van der Waals surface area contributed by atoms with Gasteiger partial charge in [-0.3, -0.25) is 0 Å². The molecule has 0 aliphatic carbocycles. The van der Waals surface area contributed by atoms with Crippen LogP contribution in [0.15, 0.2) is 84.9 Å². The van der Waals surface area contributed by atoms with Crippen molar-refractivity contribution in [1.29, 1.82) is 0 Å². The van der Waals surface area contributed by atoms with Crippen molar-refractivity contribution in [3.63, 3.8) is 0 Å². The Morgan fingerprint density at radius 3 is 2.23 bits per heavy atom. The number of hydrogen-bond acceptors (Lipinski definition) is 3. The summed E-state index contributed by atoms with van der Waals surface area (Å²) in [6.45, 7) is 0.504. The van der Waals surface area contributed by atoms with Crippen LogP contribution in [0.4, 0.5) is 0 Å². The van der Waals surface area contributed by atoms with Gasteiger partial charge >= 0.3 is 5.97 Å². The quantitative estimate of drug-likeness (QED) is 0.601. The van der Waals surface area contributed by atoms with Crippen molar-refractivity contribution in [1.82, 2.24) is 0 Å². The van der Waals surface area contributed by atoms with E-state index in [-0.39, 0.29) is 0 Å². The first kappa shape index (κ1) is 17.3. The Morgan fingerprint density at radius 1 is 0.846 bits per heavy atom. The van der Waals surface area contributed by atoms with Gasteiger partial charge in [-0.05, 0) is 42.0 Å². The van der Waals surface area contributed by atoms with E-state index in [1.54, 1.807) is 12.1 Å². The fraction of sp³-hybridized carbons (Fsp3) is 0.0455. The van der Waals surface area contributed by atoms with Crippen molar-refractivity contribution >= 4 is 12.0 Å². The van der Waals surface area contributed by atoms with Crippen molar-refractivity contribution in [2.24, 2.45) is 0 Å². The molecule has 0 aliphatic rings. The highest BCUT2D eigenvalue weighted by Crippen LogP contribution is 2.27. The fourth-order valence-corrected chi connectivity index (χ4v) is 2.34. The Labute approximate surface area is 151 Å². The molecule has 0 unspecified atom stereocenters. The van der Waals surface area contributed by atoms with Gasteiger partial charge < -0.3 is 14.6 Å². The predicted octanol–water partition coefficient (Wildman–Crippen LogP) is 5.16. The highest BCUT2D eigenvalue weighted by atomic mass is 16.5. The summed E-state index contributed by atoms with van der Waals surface area (Å²) < 4.78 is 11.6. The smallest absolute Gasteiger partial charge is 0.328 e. The SMILES string of the molecule is O=C(O)/C=C/c1ccccc1Oc1ccc(OCc2ccccc2)cc1. The van der Waals surface area contributed by atoms with E-state index < -0.39 is 5.97 Å². The molecule has 4 heteroatoms. The molecule has 3 aromatic carbocycles. The number of carboxylic acids is 1. The lowest BCUT2D eigenvalue weighted by molar-refractivity contribution is -0.131. The summed E-state index contributed by atoms with van der Waals surface area (Å²) in [5.74, 6) is 0.983. The minimum Gasteiger partial charge on any atom is -0.489 e. The molecular weight excluding hydrogens is 328 g/mol. The Morgan fingerprint density at radius 2 is 1.50 bits per heavy atom. The van der Waals surface area contributed by atoms with Crippen molar-refractivity contribution in [3.05, 3.63) is 96.1 Å². The molecule has 3 rings (SSSR count). The van der Waals surface area contributed by atoms with Crippen LogP contribution < -0.4 is 9.47 Å². The summed E-state index contributed by atoms with van der Waals surface area (Å²) in [5.41, 5.74) is 1.80. The first-order chi connectivity index (χ1) is 12.7. The maximum Gasteiger partial charge on any atom is 0.328 e. The molecule has 3 aromatic rings. The van der Waals surface area contributed by atoms with Gasteiger partial charge in [-0.25, -0.2) is 4.79 Å². The average molecular weight is 346 g/mol. The standard InChI is InChI=1S/C22H18O4/c23-22(24)15-10-18-8-4-5-9-21(18)26-20-13-11-19(12-14-20)25-16-17-6-2-1-3-7-17/h1-15H,16H2,(H,23,24)/b15-10+. The highest BCUT2D eigenvalue weighted by molar-refractivity contribution is 5.85. The minimum atomic E-state index is -1.00. The van der Waals surface area contributed by atoms with Crippen molar-refractivity contribution in [3.8, 4) is 17.2 Å². The number of ether oxygens (including phenoxy) is 2. The molecule has 0 radical (unpaired) electrons. The maximum atomic E-state index is 10.7. The summed E-state index contributed by atoms with van der Waals surface area (Å²) in [4.78, 5) is 10.7. The second kappa shape index (κ2) is 8.53. The van der Waals surface area contributed by atoms with Gasteiger partial charge in [-0.1, -0.05) is 48.5 Å². The lowest BCUT2D eigenvalue weighted by Crippen LogP contribution is -1.95. The van der Waals surface area contributed by atoms with Crippen LogP contribution in [0, 0.1) is 0 Å². The van der Waals surface area contributed by atoms with Gasteiger partial charge in [0.25, 0.3) is 0 Å². The van der Waals surface area contributed by atoms with Gasteiger partial charge in [0.2, 0.25) is 0 Å². The molecule has 0 aromatic heterocycles. The van der Waals surface area contributed by atoms with Crippen LogP contribution in [0.25, 0.3) is 6.08 Å². The molecule has 0 amide bonds. The van der Waals surface area contributed by atoms with Gasteiger partial charge in [0, 0.05) is 11.6 Å². The molecule has 26 heavy (non-hydrogen) atoms. The summed E-state index contributed by atoms with van der Waals surface area (Å²) in [6.07, 6.45) is 2.59. The normalized spacial score (nSPS) is 10.6. The molecule has 0 atom stereocenters. The van der Waals surface area contributed by atoms with E-state index in [0.717, 1.165) is 17.4 Å². The van der Waals surface area contributed by atoms with E-state index in [2.05, 4.69) is 0 Å². The zero-order valence-electron chi connectivity index (χ0n) is 14.0. The lowest BCUT2D eigenvalue weighted by atomic mass is 10.2. The Balaban J connectivity index is 1.65. The monoisotopic (exact) mass is 346 g/mol. The van der Waals surface area contributed by atoms with Gasteiger partial charge in [0.05, 0.1) is 0 Å². The van der Waals surface area contributed by atoms with Crippen LogP contribution in [0.2, 0.25) is 0 Å². The lowest BCUT2D eigenvalue weighted by Gasteiger charge is -2.10. The fourth-order valence-electron chi connectivity index (χ4n) is 2.34. The van der Waals surface area contributed by atoms with E-state index in [1.165, 1.54) is 6.08 Å². The average Bonchev–Trinajstić information content (AvgIpc) is 2.67. The Bertz CT molecular complexity index is 884. The Hall–Kier alpha value is -3.53. The molecule has 0 fully saturated rings. The maximum absolute atomic E-state index is 10.7. The zero-order valence-corrected chi connectivity index (χ0v) is 14.0. The van der Waals surface area contributed by atoms with Crippen LogP contribution in [0.3, 0.4) is 0 Å². The minimum absolute atomic E-state index is 0.504. The van der Waals surface area contributed by atoms with Crippen LogP contribution in [-0.2, 0) is 11.4 Å². The summed E-state index contributed by atoms with van der Waals surface area (Å²) in [6, 6.07) is 24.5. The third kappa shape index (κ3) is 4.98. The molecule has 4 nitrogen and oxygen atoms in total. The molecule has 0 bridgehead atoms. The second-order valence-corrected chi connectivity index (χ2v) is 5.56. The number of hydrogen-bond donors (Lipinski definition) is 1. The molecule has 0 saturated heterocycles. The summed E-state index contributed by atoms with van der Waals surface area (Å²) in [7, 11) is 0. The molecule has 130 valence electrons. The molecule has 0 saturated carbocycles. The van der Waals surface area contributed by atoms with Gasteiger partial charge in [0.1, 0.15) is 23.9 Å². The third-order valence-corrected chi connectivity index (χ3v) is 3.62. The van der Waals surface area contributed by atoms with E-state index in [1.807, 2.05) is 66.7 Å². The number of rotatable bonds is 7. The van der Waals surface area contributed by atoms with Crippen LogP contribution in [0.1, 0.15) is 11.1 Å². The summed E-state index contributed by atoms with van der Waals surface area (Å²) >= 11 is 0. The largest absolute Gasteiger partial charge is 0.489 e. The molecule has 0 aliphatic heterocycles. The van der Waals surface area contributed by atoms with E-state index in [9.17, 15) is 4.79 Å². The van der Waals surface area contributed by atoms with Gasteiger partial charge in [0.15, 0.2) is 0 Å². The first-order valence-electron chi connectivity index (χ1n) is 8.15. The first-order valence-corrected chi connectivity index (χ1v) is 8.15. The summed E-state index contributed by atoms with van der Waals surface area (Å²) in [5, 5.41) is 8.78. The topological polar surface area (TPSA) is 55.8 Å². The second-order valence-electron chi connectivity index (χ2n) is 5.56. The van der Waals surface area contributed by atoms with Crippen LogP contribution in [-0.4, -0.2) is 11.1 Å². The van der Waals surface area contributed by atoms with E-state index in [4.69, 9.17) is 14.6 Å². The zero-order chi connectivity index (χ0) is 18.2. The molecule has 0 heterocycles. The number of para-hydroxylation sites is 1. The van der Waals surface area contributed by atoms with E-state index in [0.29, 0.717) is 23.7 Å². The van der Waals surface area contributed by atoms with Crippen molar-refractivity contribution < 1.29 is 19.4 Å². The highest BCUT2D eigenvalue weighted by Gasteiger charge is 2.03. The van der Waals surface area contributed by atoms with Crippen LogP contribution in [0.5, 0.6) is 17.2 Å². The number of aliphatic carboxylic acids is 1. The van der Waals surface area contributed by atoms with E-state index >= 15 is 0 Å². The number of carboxylic acid groups (broad SMARTS) is 1. The van der Waals surface area contributed by atoms with Crippen LogP contribution >= 0.6 is 0 Å². The molecular formula is C22H18O4. The predicted molar refractivity (Wildman–Crippen MR) is 100 cm³/mol.